The minimum Gasteiger partial charge on any atom is -0.334 e. The van der Waals surface area contributed by atoms with Gasteiger partial charge in [0.15, 0.2) is 0 Å². The molecule has 0 spiro atoms. The second-order valence-corrected chi connectivity index (χ2v) is 6.61. The van der Waals surface area contributed by atoms with Crippen molar-refractivity contribution in [2.45, 2.75) is 65.0 Å². The van der Waals surface area contributed by atoms with Crippen LogP contribution in [0, 0.1) is 12.5 Å². The van der Waals surface area contributed by atoms with Crippen molar-refractivity contribution in [3.8, 4) is 12.5 Å². The maximum atomic E-state index is 12.1. The molecule has 1 aromatic carbocycles. The highest BCUT2D eigenvalue weighted by atomic mass is 16.2. The van der Waals surface area contributed by atoms with Gasteiger partial charge in [0.1, 0.15) is 6.33 Å². The minimum atomic E-state index is -0.0926. The topological polar surface area (TPSA) is 88.1 Å². The predicted molar refractivity (Wildman–Crippen MR) is 112 cm³/mol. The molecule has 3 N–H and O–H groups in total. The third-order valence-electron chi connectivity index (χ3n) is 4.67. The fraction of sp³-hybridized carbons (Fsp3) is 0.476. The summed E-state index contributed by atoms with van der Waals surface area (Å²) in [6.07, 6.45) is 11.2. The van der Waals surface area contributed by atoms with Crippen LogP contribution in [-0.4, -0.2) is 33.6 Å². The Bertz CT molecular complexity index is 852. The summed E-state index contributed by atoms with van der Waals surface area (Å²) < 4.78 is 1.59. The molecule has 0 bridgehead atoms. The summed E-state index contributed by atoms with van der Waals surface area (Å²) in [6, 6.07) is 8.27. The Labute approximate surface area is 166 Å². The zero-order valence-electron chi connectivity index (χ0n) is 16.8. The lowest BCUT2D eigenvalue weighted by atomic mass is 10.0. The number of benzene rings is 1. The van der Waals surface area contributed by atoms with E-state index < -0.39 is 0 Å². The van der Waals surface area contributed by atoms with Gasteiger partial charge < -0.3 is 16.0 Å². The predicted octanol–water partition coefficient (Wildman–Crippen LogP) is 3.46. The zero-order valence-corrected chi connectivity index (χ0v) is 16.8. The number of hydrogen-bond donors (Lipinski definition) is 3. The molecule has 1 saturated heterocycles. The highest BCUT2D eigenvalue weighted by Crippen LogP contribution is 2.18. The van der Waals surface area contributed by atoms with Crippen molar-refractivity contribution in [1.29, 1.82) is 0 Å². The van der Waals surface area contributed by atoms with Gasteiger partial charge in [-0.05, 0) is 38.0 Å². The normalized spacial score (nSPS) is 17.9. The van der Waals surface area contributed by atoms with Gasteiger partial charge in [0.25, 0.3) is 0 Å². The van der Waals surface area contributed by atoms with Gasteiger partial charge in [-0.2, -0.15) is 0 Å². The van der Waals surface area contributed by atoms with E-state index in [0.29, 0.717) is 12.1 Å². The Kier molecular flexibility index (Phi) is 7.88. The number of carbonyl (C=O) groups excluding carboxylic acids is 2. The van der Waals surface area contributed by atoms with E-state index in [9.17, 15) is 9.59 Å². The Morgan fingerprint density at radius 1 is 1.29 bits per heavy atom. The lowest BCUT2D eigenvalue weighted by Crippen LogP contribution is -2.30. The molecule has 0 saturated carbocycles. The molecule has 0 radical (unpaired) electrons. The average molecular weight is 383 g/mol. The van der Waals surface area contributed by atoms with Gasteiger partial charge in [0.05, 0.1) is 17.1 Å². The number of anilines is 1. The smallest absolute Gasteiger partial charge is 0.315 e. The standard InChI is InChI=1S/C19H23N5O2.C2H6/c1-3-24-12-20-16-10-9-14(11-17(16)24)22-18(25)8-6-4-5-7-15-13(2)21-19(26)23-15;1-2/h1,9-13,15H,4-8H2,2H3,(H,22,25)(H2,21,23,26);1-2H3. The van der Waals surface area contributed by atoms with Gasteiger partial charge in [-0.15, -0.1) is 0 Å². The van der Waals surface area contributed by atoms with Crippen LogP contribution in [-0.2, 0) is 4.79 Å². The SMILES string of the molecule is C#Cn1cnc2ccc(NC(=O)CCCCCC3NC(=O)NC3C)cc21.CC. The van der Waals surface area contributed by atoms with Gasteiger partial charge in [-0.3, -0.25) is 9.36 Å². The van der Waals surface area contributed by atoms with Crippen molar-refractivity contribution < 1.29 is 9.59 Å². The summed E-state index contributed by atoms with van der Waals surface area (Å²) in [4.78, 5) is 27.5. The number of unbranched alkanes of at least 4 members (excludes halogenated alkanes) is 2. The number of hydrogen-bond acceptors (Lipinski definition) is 3. The van der Waals surface area contributed by atoms with Crippen LogP contribution in [0.25, 0.3) is 11.0 Å². The Morgan fingerprint density at radius 3 is 2.75 bits per heavy atom. The van der Waals surface area contributed by atoms with Gasteiger partial charge in [0, 0.05) is 24.2 Å². The van der Waals surface area contributed by atoms with Crippen LogP contribution in [0.2, 0.25) is 0 Å². The van der Waals surface area contributed by atoms with E-state index in [0.717, 1.165) is 36.7 Å². The highest BCUT2D eigenvalue weighted by Gasteiger charge is 2.26. The van der Waals surface area contributed by atoms with E-state index >= 15 is 0 Å². The summed E-state index contributed by atoms with van der Waals surface area (Å²) in [7, 11) is 0. The van der Waals surface area contributed by atoms with Crippen LogP contribution >= 0.6 is 0 Å². The molecule has 2 aromatic rings. The van der Waals surface area contributed by atoms with Crippen molar-refractivity contribution in [2.24, 2.45) is 0 Å². The van der Waals surface area contributed by atoms with E-state index in [1.165, 1.54) is 0 Å². The molecular formula is C21H29N5O2. The fourth-order valence-corrected chi connectivity index (χ4v) is 3.20. The van der Waals surface area contributed by atoms with Crippen LogP contribution in [0.1, 0.15) is 52.9 Å². The molecule has 0 aliphatic carbocycles. The largest absolute Gasteiger partial charge is 0.334 e. The summed E-state index contributed by atoms with van der Waals surface area (Å²) >= 11 is 0. The third-order valence-corrected chi connectivity index (χ3v) is 4.67. The van der Waals surface area contributed by atoms with E-state index in [4.69, 9.17) is 6.42 Å². The van der Waals surface area contributed by atoms with Crippen LogP contribution in [0.5, 0.6) is 0 Å². The summed E-state index contributed by atoms with van der Waals surface area (Å²) in [5, 5.41) is 8.65. The number of urea groups is 1. The maximum Gasteiger partial charge on any atom is 0.315 e. The monoisotopic (exact) mass is 383 g/mol. The molecule has 150 valence electrons. The van der Waals surface area contributed by atoms with Crippen LogP contribution in [0.15, 0.2) is 24.5 Å². The first kappa shape index (κ1) is 21.3. The Hall–Kier alpha value is -3.01. The van der Waals surface area contributed by atoms with Gasteiger partial charge in [0.2, 0.25) is 5.91 Å². The summed E-state index contributed by atoms with van der Waals surface area (Å²) in [6.45, 7) is 6.00. The minimum absolute atomic E-state index is 0.0136. The molecule has 7 heteroatoms. The molecule has 3 amide bonds. The molecule has 1 aromatic heterocycles. The third kappa shape index (κ3) is 5.49. The molecule has 1 fully saturated rings. The van der Waals surface area contributed by atoms with Crippen molar-refractivity contribution in [3.05, 3.63) is 24.5 Å². The van der Waals surface area contributed by atoms with E-state index in [1.807, 2.05) is 39.0 Å². The lowest BCUT2D eigenvalue weighted by Gasteiger charge is -2.13. The second kappa shape index (κ2) is 10.4. The number of terminal acetylenes is 1. The Morgan fingerprint density at radius 2 is 2.07 bits per heavy atom. The van der Waals surface area contributed by atoms with Gasteiger partial charge >= 0.3 is 6.03 Å². The maximum absolute atomic E-state index is 12.1. The quantitative estimate of drug-likeness (QED) is 0.505. The fourth-order valence-electron chi connectivity index (χ4n) is 3.20. The first-order valence-electron chi connectivity index (χ1n) is 9.87. The van der Waals surface area contributed by atoms with E-state index in [2.05, 4.69) is 27.0 Å². The van der Waals surface area contributed by atoms with Crippen LogP contribution in [0.4, 0.5) is 10.5 Å². The number of rotatable bonds is 7. The number of aromatic nitrogens is 2. The van der Waals surface area contributed by atoms with Crippen LogP contribution in [0.3, 0.4) is 0 Å². The summed E-state index contributed by atoms with van der Waals surface area (Å²) in [5.74, 6) is -0.0136. The number of amides is 3. The first-order chi connectivity index (χ1) is 13.6. The molecule has 1 aliphatic heterocycles. The molecule has 3 rings (SSSR count). The Balaban J connectivity index is 0.00000136. The molecule has 2 heterocycles. The molecule has 7 nitrogen and oxygen atoms in total. The highest BCUT2D eigenvalue weighted by molar-refractivity contribution is 5.93. The lowest BCUT2D eigenvalue weighted by molar-refractivity contribution is -0.116. The number of nitrogens with zero attached hydrogens (tertiary/aromatic N) is 2. The molecule has 1 aliphatic rings. The van der Waals surface area contributed by atoms with Crippen molar-refractivity contribution >= 4 is 28.7 Å². The van der Waals surface area contributed by atoms with E-state index in [-0.39, 0.29) is 24.0 Å². The zero-order chi connectivity index (χ0) is 20.5. The number of nitrogens with one attached hydrogen (secondary N) is 3. The van der Waals surface area contributed by atoms with Crippen LogP contribution < -0.4 is 16.0 Å². The summed E-state index contributed by atoms with van der Waals surface area (Å²) in [5.41, 5.74) is 2.31. The number of imidazole rings is 1. The van der Waals surface area contributed by atoms with Gasteiger partial charge in [-0.1, -0.05) is 33.1 Å². The average Bonchev–Trinajstić information content (AvgIpc) is 3.24. The second-order valence-electron chi connectivity index (χ2n) is 6.61. The van der Waals surface area contributed by atoms with Gasteiger partial charge in [-0.25, -0.2) is 9.78 Å². The molecular weight excluding hydrogens is 354 g/mol. The molecule has 2 unspecified atom stereocenters. The first-order valence-corrected chi connectivity index (χ1v) is 9.87. The van der Waals surface area contributed by atoms with Crippen molar-refractivity contribution in [1.82, 2.24) is 20.2 Å². The van der Waals surface area contributed by atoms with Crippen molar-refractivity contribution in [2.75, 3.05) is 5.32 Å². The van der Waals surface area contributed by atoms with E-state index in [1.54, 1.807) is 10.9 Å². The van der Waals surface area contributed by atoms with Crippen molar-refractivity contribution in [3.63, 3.8) is 0 Å². The molecule has 28 heavy (non-hydrogen) atoms. The molecule has 2 atom stereocenters. The number of fused-ring (bicyclic) bond motifs is 1. The number of carbonyl (C=O) groups is 2.